The molecule has 0 atom stereocenters. The molecular weight excluding hydrogens is 310 g/mol. The minimum atomic E-state index is -0.820. The molecule has 1 fully saturated rings. The third kappa shape index (κ3) is 2.32. The van der Waals surface area contributed by atoms with Crippen LogP contribution in [0.25, 0.3) is 11.0 Å². The van der Waals surface area contributed by atoms with E-state index in [-0.39, 0.29) is 0 Å². The molecule has 1 saturated heterocycles. The molecule has 19 heavy (non-hydrogen) atoms. The third-order valence-electron chi connectivity index (χ3n) is 3.70. The molecule has 1 aliphatic rings. The molecule has 0 unspecified atom stereocenters. The highest BCUT2D eigenvalue weighted by Gasteiger charge is 2.24. The number of fused-ring (bicyclic) bond motifs is 1. The topological polar surface area (TPSA) is 69.2 Å². The van der Waals surface area contributed by atoms with Crippen molar-refractivity contribution < 1.29 is 9.90 Å². The summed E-state index contributed by atoms with van der Waals surface area (Å²) in [5.74, 6) is 0.386. The van der Waals surface area contributed by atoms with Crippen LogP contribution in [-0.4, -0.2) is 39.2 Å². The Morgan fingerprint density at radius 3 is 2.84 bits per heavy atom. The van der Waals surface area contributed by atoms with Crippen molar-refractivity contribution >= 4 is 33.1 Å². The maximum atomic E-state index is 10.9. The van der Waals surface area contributed by atoms with Crippen LogP contribution in [0.15, 0.2) is 22.8 Å². The first-order valence-corrected chi connectivity index (χ1v) is 7.05. The highest BCUT2D eigenvalue weighted by atomic mass is 79.9. The number of aromatic nitrogens is 2. The van der Waals surface area contributed by atoms with Crippen molar-refractivity contribution in [2.75, 3.05) is 13.1 Å². The summed E-state index contributed by atoms with van der Waals surface area (Å²) in [6.07, 6.45) is 2.66. The molecule has 0 radical (unpaired) electrons. The molecule has 6 heteroatoms. The number of carboxylic acid groups (broad SMARTS) is 1. The number of H-pyrrole nitrogens is 1. The number of carbonyl (C=O) groups is 1. The van der Waals surface area contributed by atoms with E-state index in [1.807, 2.05) is 6.07 Å². The summed E-state index contributed by atoms with van der Waals surface area (Å²) >= 11 is 3.52. The monoisotopic (exact) mass is 323 g/mol. The van der Waals surface area contributed by atoms with Gasteiger partial charge in [0.25, 0.3) is 0 Å². The molecule has 0 aliphatic carbocycles. The number of hydrogen-bond donors (Lipinski definition) is 2. The summed E-state index contributed by atoms with van der Waals surface area (Å²) in [4.78, 5) is 20.0. The van der Waals surface area contributed by atoms with Gasteiger partial charge < -0.3 is 15.0 Å². The number of likely N-dealkylation sites (tertiary alicyclic amines) is 1. The van der Waals surface area contributed by atoms with Gasteiger partial charge >= 0.3 is 6.09 Å². The van der Waals surface area contributed by atoms with Crippen molar-refractivity contribution in [1.29, 1.82) is 0 Å². The lowest BCUT2D eigenvalue weighted by Gasteiger charge is -2.29. The maximum Gasteiger partial charge on any atom is 0.407 e. The second kappa shape index (κ2) is 4.85. The predicted octanol–water partition coefficient (Wildman–Crippen LogP) is 3.18. The number of piperidine rings is 1. The van der Waals surface area contributed by atoms with Crippen molar-refractivity contribution in [3.05, 3.63) is 28.5 Å². The van der Waals surface area contributed by atoms with Crippen molar-refractivity contribution in [2.24, 2.45) is 0 Å². The average Bonchev–Trinajstić information content (AvgIpc) is 2.84. The van der Waals surface area contributed by atoms with E-state index in [0.717, 1.165) is 34.0 Å². The molecule has 100 valence electrons. The van der Waals surface area contributed by atoms with E-state index in [9.17, 15) is 4.79 Å². The number of hydrogen-bond acceptors (Lipinski definition) is 2. The zero-order chi connectivity index (χ0) is 13.4. The van der Waals surface area contributed by atoms with Gasteiger partial charge in [-0.2, -0.15) is 0 Å². The number of aromatic amines is 1. The van der Waals surface area contributed by atoms with Gasteiger partial charge in [-0.1, -0.05) is 0 Å². The molecule has 2 aromatic heterocycles. The SMILES string of the molecule is O=C(O)N1CCC(c2cc3c(Br)ccnc3[nH]2)CC1. The van der Waals surface area contributed by atoms with Gasteiger partial charge in [0.1, 0.15) is 5.65 Å². The number of nitrogens with zero attached hydrogens (tertiary/aromatic N) is 2. The first-order valence-electron chi connectivity index (χ1n) is 6.26. The van der Waals surface area contributed by atoms with E-state index in [4.69, 9.17) is 5.11 Å². The van der Waals surface area contributed by atoms with E-state index in [1.54, 1.807) is 6.20 Å². The Bertz CT molecular complexity index is 617. The Morgan fingerprint density at radius 1 is 1.47 bits per heavy atom. The molecule has 2 aromatic rings. The van der Waals surface area contributed by atoms with Crippen LogP contribution in [0.5, 0.6) is 0 Å². The summed E-state index contributed by atoms with van der Waals surface area (Å²) in [5.41, 5.74) is 2.03. The minimum Gasteiger partial charge on any atom is -0.465 e. The molecule has 0 aromatic carbocycles. The van der Waals surface area contributed by atoms with Gasteiger partial charge in [-0.15, -0.1) is 0 Å². The predicted molar refractivity (Wildman–Crippen MR) is 75.4 cm³/mol. The quantitative estimate of drug-likeness (QED) is 0.846. The zero-order valence-electron chi connectivity index (χ0n) is 10.3. The van der Waals surface area contributed by atoms with Gasteiger partial charge in [0.15, 0.2) is 0 Å². The van der Waals surface area contributed by atoms with E-state index >= 15 is 0 Å². The third-order valence-corrected chi connectivity index (χ3v) is 4.40. The highest BCUT2D eigenvalue weighted by Crippen LogP contribution is 2.31. The highest BCUT2D eigenvalue weighted by molar-refractivity contribution is 9.10. The summed E-state index contributed by atoms with van der Waals surface area (Å²) in [6, 6.07) is 4.04. The van der Waals surface area contributed by atoms with Crippen molar-refractivity contribution in [1.82, 2.24) is 14.9 Å². The smallest absolute Gasteiger partial charge is 0.407 e. The second-order valence-electron chi connectivity index (χ2n) is 4.82. The van der Waals surface area contributed by atoms with Gasteiger partial charge in [-0.25, -0.2) is 9.78 Å². The van der Waals surface area contributed by atoms with Gasteiger partial charge in [0, 0.05) is 40.8 Å². The molecule has 1 aliphatic heterocycles. The van der Waals surface area contributed by atoms with Gasteiger partial charge in [0.05, 0.1) is 0 Å². The van der Waals surface area contributed by atoms with Crippen LogP contribution in [0.1, 0.15) is 24.5 Å². The van der Waals surface area contributed by atoms with Gasteiger partial charge in [0.2, 0.25) is 0 Å². The fourth-order valence-corrected chi connectivity index (χ4v) is 3.04. The van der Waals surface area contributed by atoms with Crippen LogP contribution in [0, 0.1) is 0 Å². The van der Waals surface area contributed by atoms with Gasteiger partial charge in [-0.05, 0) is 40.9 Å². The fraction of sp³-hybridized carbons (Fsp3) is 0.385. The fourth-order valence-electron chi connectivity index (χ4n) is 2.62. The first kappa shape index (κ1) is 12.5. The van der Waals surface area contributed by atoms with E-state index < -0.39 is 6.09 Å². The summed E-state index contributed by atoms with van der Waals surface area (Å²) in [6.45, 7) is 1.20. The molecule has 0 saturated carbocycles. The number of amides is 1. The van der Waals surface area contributed by atoms with Gasteiger partial charge in [-0.3, -0.25) is 0 Å². The van der Waals surface area contributed by atoms with E-state index in [0.29, 0.717) is 19.0 Å². The minimum absolute atomic E-state index is 0.386. The maximum absolute atomic E-state index is 10.9. The number of halogens is 1. The molecular formula is C13H14BrN3O2. The van der Waals surface area contributed by atoms with E-state index in [2.05, 4.69) is 32.0 Å². The molecule has 3 rings (SSSR count). The Balaban J connectivity index is 1.82. The Kier molecular flexibility index (Phi) is 3.18. The zero-order valence-corrected chi connectivity index (χ0v) is 11.9. The molecule has 2 N–H and O–H groups in total. The Labute approximate surface area is 118 Å². The molecule has 0 bridgehead atoms. The molecule has 1 amide bonds. The Hall–Kier alpha value is -1.56. The van der Waals surface area contributed by atoms with Crippen molar-refractivity contribution in [3.8, 4) is 0 Å². The van der Waals surface area contributed by atoms with Crippen LogP contribution < -0.4 is 0 Å². The first-order chi connectivity index (χ1) is 9.15. The lowest BCUT2D eigenvalue weighted by Crippen LogP contribution is -2.36. The summed E-state index contributed by atoms with van der Waals surface area (Å²) < 4.78 is 1.03. The van der Waals surface area contributed by atoms with Crippen molar-refractivity contribution in [2.45, 2.75) is 18.8 Å². The largest absolute Gasteiger partial charge is 0.465 e. The average molecular weight is 324 g/mol. The lowest BCUT2D eigenvalue weighted by molar-refractivity contribution is 0.132. The lowest BCUT2D eigenvalue weighted by atomic mass is 9.94. The normalized spacial score (nSPS) is 17.0. The number of nitrogens with one attached hydrogen (secondary N) is 1. The molecule has 0 spiro atoms. The summed E-state index contributed by atoms with van der Waals surface area (Å²) in [5, 5.41) is 10.0. The number of pyridine rings is 1. The second-order valence-corrected chi connectivity index (χ2v) is 5.68. The molecule has 5 nitrogen and oxygen atoms in total. The number of rotatable bonds is 1. The van der Waals surface area contributed by atoms with Crippen molar-refractivity contribution in [3.63, 3.8) is 0 Å². The van der Waals surface area contributed by atoms with E-state index in [1.165, 1.54) is 4.90 Å². The Morgan fingerprint density at radius 2 is 2.21 bits per heavy atom. The van der Waals surface area contributed by atoms with Crippen LogP contribution in [-0.2, 0) is 0 Å². The van der Waals surface area contributed by atoms with Crippen LogP contribution in [0.3, 0.4) is 0 Å². The van der Waals surface area contributed by atoms with Crippen LogP contribution in [0.4, 0.5) is 4.79 Å². The summed E-state index contributed by atoms with van der Waals surface area (Å²) in [7, 11) is 0. The molecule has 3 heterocycles. The van der Waals surface area contributed by atoms with Crippen LogP contribution in [0.2, 0.25) is 0 Å². The standard InChI is InChI=1S/C13H14BrN3O2/c14-10-1-4-15-12-9(10)7-11(16-12)8-2-5-17(6-3-8)13(18)19/h1,4,7-8H,2-3,5-6H2,(H,15,16)(H,18,19). The van der Waals surface area contributed by atoms with Crippen LogP contribution >= 0.6 is 15.9 Å².